The molecule has 2 aromatic rings. The quantitative estimate of drug-likeness (QED) is 0.594. The van der Waals surface area contributed by atoms with Gasteiger partial charge in [-0.25, -0.2) is 0 Å². The zero-order chi connectivity index (χ0) is 19.4. The van der Waals surface area contributed by atoms with Crippen LogP contribution in [-0.2, 0) is 14.3 Å². The molecule has 0 spiro atoms. The molecule has 0 unspecified atom stereocenters. The number of hydrazone groups is 1. The molecule has 0 fully saturated rings. The number of amides is 1. The Kier molecular flexibility index (Phi) is 5.35. The molecule has 0 saturated carbocycles. The van der Waals surface area contributed by atoms with Crippen LogP contribution in [0.4, 0.5) is 0 Å². The summed E-state index contributed by atoms with van der Waals surface area (Å²) in [5.41, 5.74) is 1.35. The minimum atomic E-state index is -0.677. The third-order valence-corrected chi connectivity index (χ3v) is 3.70. The van der Waals surface area contributed by atoms with Gasteiger partial charge >= 0.3 is 5.97 Å². The van der Waals surface area contributed by atoms with Gasteiger partial charge in [0.2, 0.25) is 18.0 Å². The Hall–Kier alpha value is -3.42. The minimum absolute atomic E-state index is 0.256. The maximum Gasteiger partial charge on any atom is 0.308 e. The zero-order valence-electron chi connectivity index (χ0n) is 15.2. The molecule has 1 aromatic heterocycles. The first kappa shape index (κ1) is 18.4. The van der Waals surface area contributed by atoms with Gasteiger partial charge in [0.05, 0.1) is 6.61 Å². The molecule has 1 amide bonds. The largest absolute Gasteiger partial charge is 0.490 e. The summed E-state index contributed by atoms with van der Waals surface area (Å²) in [7, 11) is 0. The smallest absolute Gasteiger partial charge is 0.308 e. The van der Waals surface area contributed by atoms with Gasteiger partial charge in [-0.15, -0.1) is 5.10 Å². The van der Waals surface area contributed by atoms with Crippen molar-refractivity contribution in [3.05, 3.63) is 53.9 Å². The second kappa shape index (κ2) is 7.86. The molecule has 1 aromatic carbocycles. The molecule has 8 heteroatoms. The first-order chi connectivity index (χ1) is 13.0. The van der Waals surface area contributed by atoms with E-state index in [9.17, 15) is 9.59 Å². The van der Waals surface area contributed by atoms with E-state index in [1.54, 1.807) is 42.7 Å². The molecule has 0 N–H and O–H groups in total. The molecule has 0 saturated heterocycles. The van der Waals surface area contributed by atoms with Gasteiger partial charge in [-0.1, -0.05) is 0 Å². The third-order valence-electron chi connectivity index (χ3n) is 3.70. The van der Waals surface area contributed by atoms with Gasteiger partial charge in [-0.05, 0) is 37.3 Å². The number of esters is 1. The van der Waals surface area contributed by atoms with Crippen molar-refractivity contribution in [2.45, 2.75) is 27.0 Å². The van der Waals surface area contributed by atoms with Crippen LogP contribution in [0.25, 0.3) is 0 Å². The SMILES string of the molecule is CCOc1cc(C2=NN(C(C)=O)[C@@H](c3ccncc3)O2)ccc1OC(C)=O. The number of carbonyl (C=O) groups excluding carboxylic acids is 2. The minimum Gasteiger partial charge on any atom is -0.490 e. The van der Waals surface area contributed by atoms with Gasteiger partial charge in [-0.3, -0.25) is 14.6 Å². The topological polar surface area (TPSA) is 90.3 Å². The number of benzene rings is 1. The monoisotopic (exact) mass is 369 g/mol. The molecule has 1 aliphatic rings. The van der Waals surface area contributed by atoms with Gasteiger partial charge in [0.1, 0.15) is 0 Å². The highest BCUT2D eigenvalue weighted by Crippen LogP contribution is 2.33. The van der Waals surface area contributed by atoms with Crippen LogP contribution in [0.2, 0.25) is 0 Å². The Bertz CT molecular complexity index is 882. The Morgan fingerprint density at radius 1 is 1.15 bits per heavy atom. The first-order valence-corrected chi connectivity index (χ1v) is 8.40. The van der Waals surface area contributed by atoms with Crippen molar-refractivity contribution in [3.63, 3.8) is 0 Å². The number of hydrogen-bond donors (Lipinski definition) is 0. The predicted octanol–water partition coefficient (Wildman–Crippen LogP) is 2.64. The van der Waals surface area contributed by atoms with Crippen molar-refractivity contribution in [1.29, 1.82) is 0 Å². The van der Waals surface area contributed by atoms with E-state index in [4.69, 9.17) is 14.2 Å². The van der Waals surface area contributed by atoms with Crippen LogP contribution < -0.4 is 9.47 Å². The number of pyridine rings is 1. The molecule has 0 aliphatic carbocycles. The van der Waals surface area contributed by atoms with Crippen molar-refractivity contribution in [2.75, 3.05) is 6.61 Å². The molecular formula is C19H19N3O5. The van der Waals surface area contributed by atoms with Gasteiger partial charge in [0.25, 0.3) is 0 Å². The summed E-state index contributed by atoms with van der Waals surface area (Å²) in [6.45, 7) is 4.95. The van der Waals surface area contributed by atoms with E-state index in [0.717, 1.165) is 5.56 Å². The predicted molar refractivity (Wildman–Crippen MR) is 96.0 cm³/mol. The summed E-state index contributed by atoms with van der Waals surface area (Å²) in [5.74, 6) is 0.258. The number of nitrogens with zero attached hydrogens (tertiary/aromatic N) is 3. The Morgan fingerprint density at radius 3 is 2.52 bits per heavy atom. The molecule has 140 valence electrons. The molecule has 0 radical (unpaired) electrons. The standard InChI is InChI=1S/C19H19N3O5/c1-4-25-17-11-15(5-6-16(17)26-13(3)24)18-21-22(12(2)23)19(27-18)14-7-9-20-10-8-14/h5-11,19H,4H2,1-3H3/t19-/m1/s1. The maximum absolute atomic E-state index is 12.0. The normalized spacial score (nSPS) is 15.7. The van der Waals surface area contributed by atoms with E-state index in [0.29, 0.717) is 23.7 Å². The number of carbonyl (C=O) groups is 2. The summed E-state index contributed by atoms with van der Waals surface area (Å²) in [6.07, 6.45) is 2.57. The van der Waals surface area contributed by atoms with Crippen LogP contribution in [0.3, 0.4) is 0 Å². The summed E-state index contributed by atoms with van der Waals surface area (Å²) in [4.78, 5) is 27.2. The zero-order valence-corrected chi connectivity index (χ0v) is 15.2. The number of rotatable bonds is 5. The molecule has 2 heterocycles. The highest BCUT2D eigenvalue weighted by molar-refractivity contribution is 5.97. The van der Waals surface area contributed by atoms with Crippen LogP contribution in [-0.4, -0.2) is 34.4 Å². The van der Waals surface area contributed by atoms with Gasteiger partial charge in [0.15, 0.2) is 11.5 Å². The lowest BCUT2D eigenvalue weighted by Gasteiger charge is -2.19. The van der Waals surface area contributed by atoms with Crippen molar-refractivity contribution >= 4 is 17.8 Å². The van der Waals surface area contributed by atoms with Crippen LogP contribution in [0, 0.1) is 0 Å². The van der Waals surface area contributed by atoms with Crippen molar-refractivity contribution in [3.8, 4) is 11.5 Å². The van der Waals surface area contributed by atoms with Gasteiger partial charge < -0.3 is 14.2 Å². The van der Waals surface area contributed by atoms with E-state index in [1.165, 1.54) is 18.9 Å². The van der Waals surface area contributed by atoms with Gasteiger partial charge in [0, 0.05) is 37.4 Å². The Balaban J connectivity index is 1.93. The fraction of sp³-hybridized carbons (Fsp3) is 0.263. The summed E-state index contributed by atoms with van der Waals surface area (Å²) < 4.78 is 16.6. The van der Waals surface area contributed by atoms with Crippen LogP contribution in [0.5, 0.6) is 11.5 Å². The second-order valence-electron chi connectivity index (χ2n) is 5.71. The van der Waals surface area contributed by atoms with Gasteiger partial charge in [-0.2, -0.15) is 5.01 Å². The van der Waals surface area contributed by atoms with E-state index < -0.39 is 12.2 Å². The van der Waals surface area contributed by atoms with E-state index in [-0.39, 0.29) is 11.8 Å². The summed E-state index contributed by atoms with van der Waals surface area (Å²) in [5, 5.41) is 5.57. The highest BCUT2D eigenvalue weighted by Gasteiger charge is 2.33. The lowest BCUT2D eigenvalue weighted by atomic mass is 10.2. The molecule has 1 atom stereocenters. The van der Waals surface area contributed by atoms with Crippen LogP contribution in [0.15, 0.2) is 47.8 Å². The Morgan fingerprint density at radius 2 is 1.89 bits per heavy atom. The van der Waals surface area contributed by atoms with E-state index >= 15 is 0 Å². The first-order valence-electron chi connectivity index (χ1n) is 8.40. The maximum atomic E-state index is 12.0. The van der Waals surface area contributed by atoms with Crippen LogP contribution in [0.1, 0.15) is 38.1 Å². The summed E-state index contributed by atoms with van der Waals surface area (Å²) in [6, 6.07) is 8.47. The summed E-state index contributed by atoms with van der Waals surface area (Å²) >= 11 is 0. The highest BCUT2D eigenvalue weighted by atomic mass is 16.6. The lowest BCUT2D eigenvalue weighted by Crippen LogP contribution is -2.25. The Labute approximate surface area is 156 Å². The average Bonchev–Trinajstić information content (AvgIpc) is 3.09. The number of hydrogen-bond acceptors (Lipinski definition) is 7. The number of ether oxygens (including phenoxy) is 3. The van der Waals surface area contributed by atoms with E-state index in [1.807, 2.05) is 6.92 Å². The lowest BCUT2D eigenvalue weighted by molar-refractivity contribution is -0.135. The second-order valence-corrected chi connectivity index (χ2v) is 5.71. The van der Waals surface area contributed by atoms with Crippen molar-refractivity contribution < 1.29 is 23.8 Å². The fourth-order valence-electron chi connectivity index (χ4n) is 2.58. The van der Waals surface area contributed by atoms with Crippen molar-refractivity contribution in [2.24, 2.45) is 5.10 Å². The third kappa shape index (κ3) is 4.05. The molecule has 1 aliphatic heterocycles. The fourth-order valence-corrected chi connectivity index (χ4v) is 2.58. The van der Waals surface area contributed by atoms with Crippen molar-refractivity contribution in [1.82, 2.24) is 9.99 Å². The molecule has 8 nitrogen and oxygen atoms in total. The molecule has 0 bridgehead atoms. The van der Waals surface area contributed by atoms with Crippen LogP contribution >= 0.6 is 0 Å². The van der Waals surface area contributed by atoms with E-state index in [2.05, 4.69) is 10.1 Å². The molecule has 27 heavy (non-hydrogen) atoms. The molecule has 3 rings (SSSR count). The molecular weight excluding hydrogens is 350 g/mol. The average molecular weight is 369 g/mol. The number of aromatic nitrogens is 1.